The number of halogens is 1. The zero-order chi connectivity index (χ0) is 18.2. The van der Waals surface area contributed by atoms with Gasteiger partial charge in [-0.1, -0.05) is 18.5 Å². The number of benzene rings is 2. The highest BCUT2D eigenvalue weighted by Crippen LogP contribution is 2.45. The number of carbonyl (C=O) groups is 2. The predicted octanol–water partition coefficient (Wildman–Crippen LogP) is 3.74. The lowest BCUT2D eigenvalue weighted by molar-refractivity contribution is -0.138. The Bertz CT molecular complexity index is 834. The molecule has 0 fully saturated rings. The number of anilines is 1. The number of nitrogens with zero attached hydrogens (tertiary/aromatic N) is 1. The number of methoxy groups -OCH3 is 1. The Morgan fingerprint density at radius 2 is 1.92 bits per heavy atom. The fraction of sp³-hybridized carbons (Fsp3) is 0.263. The van der Waals surface area contributed by atoms with E-state index in [4.69, 9.17) is 16.3 Å². The summed E-state index contributed by atoms with van der Waals surface area (Å²) in [4.78, 5) is 25.9. The molecule has 1 aliphatic rings. The van der Waals surface area contributed by atoms with E-state index in [1.807, 2.05) is 13.0 Å². The molecule has 2 aromatic carbocycles. The molecule has 25 heavy (non-hydrogen) atoms. The zero-order valence-corrected chi connectivity index (χ0v) is 14.7. The van der Waals surface area contributed by atoms with E-state index < -0.39 is 11.4 Å². The SMILES string of the molecule is COc1ccc2c(c1)C(C)(CC(=O)O)CN2C(=O)c1ccc(Cl)cc1. The fourth-order valence-electron chi connectivity index (χ4n) is 3.29. The van der Waals surface area contributed by atoms with E-state index in [-0.39, 0.29) is 12.3 Å². The fourth-order valence-corrected chi connectivity index (χ4v) is 3.42. The number of aliphatic carboxylic acids is 1. The molecule has 0 spiro atoms. The number of fused-ring (bicyclic) bond motifs is 1. The van der Waals surface area contributed by atoms with Gasteiger partial charge < -0.3 is 14.7 Å². The topological polar surface area (TPSA) is 66.8 Å². The summed E-state index contributed by atoms with van der Waals surface area (Å²) in [6.45, 7) is 2.15. The largest absolute Gasteiger partial charge is 0.497 e. The van der Waals surface area contributed by atoms with Crippen LogP contribution < -0.4 is 9.64 Å². The summed E-state index contributed by atoms with van der Waals surface area (Å²) in [6, 6.07) is 12.0. The molecule has 0 saturated carbocycles. The lowest BCUT2D eigenvalue weighted by atomic mass is 9.81. The highest BCUT2D eigenvalue weighted by Gasteiger charge is 2.43. The van der Waals surface area contributed by atoms with Gasteiger partial charge in [-0.15, -0.1) is 0 Å². The Labute approximate surface area is 150 Å². The molecule has 0 radical (unpaired) electrons. The molecule has 0 aromatic heterocycles. The molecule has 1 aliphatic heterocycles. The minimum atomic E-state index is -0.905. The molecular weight excluding hydrogens is 342 g/mol. The molecular formula is C19H18ClNO4. The van der Waals surface area contributed by atoms with Crippen LogP contribution in [0.15, 0.2) is 42.5 Å². The van der Waals surface area contributed by atoms with Gasteiger partial charge in [-0.3, -0.25) is 9.59 Å². The number of hydrogen-bond donors (Lipinski definition) is 1. The first-order valence-corrected chi connectivity index (χ1v) is 8.19. The molecule has 0 bridgehead atoms. The van der Waals surface area contributed by atoms with Gasteiger partial charge in [-0.05, 0) is 48.0 Å². The van der Waals surface area contributed by atoms with Crippen LogP contribution in [0.25, 0.3) is 0 Å². The molecule has 3 rings (SSSR count). The van der Waals surface area contributed by atoms with Crippen molar-refractivity contribution >= 4 is 29.2 Å². The van der Waals surface area contributed by atoms with Crippen LogP contribution in [0.4, 0.5) is 5.69 Å². The van der Waals surface area contributed by atoms with E-state index in [9.17, 15) is 14.7 Å². The Morgan fingerprint density at radius 1 is 1.24 bits per heavy atom. The van der Waals surface area contributed by atoms with Crippen molar-refractivity contribution in [3.63, 3.8) is 0 Å². The van der Waals surface area contributed by atoms with Crippen molar-refractivity contribution in [3.05, 3.63) is 58.6 Å². The van der Waals surface area contributed by atoms with Crippen molar-refractivity contribution in [2.75, 3.05) is 18.6 Å². The maximum atomic E-state index is 13.0. The average Bonchev–Trinajstić information content (AvgIpc) is 2.86. The Morgan fingerprint density at radius 3 is 2.52 bits per heavy atom. The van der Waals surface area contributed by atoms with Crippen LogP contribution in [0.3, 0.4) is 0 Å². The highest BCUT2D eigenvalue weighted by atomic mass is 35.5. The quantitative estimate of drug-likeness (QED) is 0.903. The minimum Gasteiger partial charge on any atom is -0.497 e. The third-order valence-electron chi connectivity index (χ3n) is 4.53. The van der Waals surface area contributed by atoms with Crippen LogP contribution >= 0.6 is 11.6 Å². The van der Waals surface area contributed by atoms with E-state index >= 15 is 0 Å². The number of amides is 1. The van der Waals surface area contributed by atoms with E-state index in [0.717, 1.165) is 5.56 Å². The summed E-state index contributed by atoms with van der Waals surface area (Å²) in [7, 11) is 1.56. The summed E-state index contributed by atoms with van der Waals surface area (Å²) in [5.41, 5.74) is 1.34. The van der Waals surface area contributed by atoms with Gasteiger partial charge in [0.05, 0.1) is 13.5 Å². The zero-order valence-electron chi connectivity index (χ0n) is 14.0. The van der Waals surface area contributed by atoms with Crippen molar-refractivity contribution < 1.29 is 19.4 Å². The summed E-state index contributed by atoms with van der Waals surface area (Å²) >= 11 is 5.89. The van der Waals surface area contributed by atoms with Gasteiger partial charge in [0.25, 0.3) is 5.91 Å². The van der Waals surface area contributed by atoms with E-state index in [0.29, 0.717) is 28.6 Å². The summed E-state index contributed by atoms with van der Waals surface area (Å²) in [6.07, 6.45) is -0.0719. The third-order valence-corrected chi connectivity index (χ3v) is 4.78. The number of carbonyl (C=O) groups excluding carboxylic acids is 1. The number of hydrogen-bond acceptors (Lipinski definition) is 3. The van der Waals surface area contributed by atoms with Crippen LogP contribution in [-0.2, 0) is 10.2 Å². The molecule has 5 nitrogen and oxygen atoms in total. The summed E-state index contributed by atoms with van der Waals surface area (Å²) in [5.74, 6) is -0.453. The van der Waals surface area contributed by atoms with Gasteiger partial charge >= 0.3 is 5.97 Å². The Balaban J connectivity index is 2.04. The van der Waals surface area contributed by atoms with Crippen LogP contribution in [0, 0.1) is 0 Å². The monoisotopic (exact) mass is 359 g/mol. The number of carboxylic acids is 1. The predicted molar refractivity (Wildman–Crippen MR) is 95.7 cm³/mol. The minimum absolute atomic E-state index is 0.0719. The van der Waals surface area contributed by atoms with E-state index in [1.165, 1.54) is 0 Å². The lowest BCUT2D eigenvalue weighted by Gasteiger charge is -2.24. The third kappa shape index (κ3) is 3.20. The van der Waals surface area contributed by atoms with E-state index in [1.54, 1.807) is 48.4 Å². The average molecular weight is 360 g/mol. The highest BCUT2D eigenvalue weighted by molar-refractivity contribution is 6.30. The molecule has 1 N–H and O–H groups in total. The molecule has 0 saturated heterocycles. The molecule has 0 aliphatic carbocycles. The van der Waals surface area contributed by atoms with Crippen LogP contribution in [0.1, 0.15) is 29.3 Å². The Hall–Kier alpha value is -2.53. The van der Waals surface area contributed by atoms with Gasteiger partial charge in [0.2, 0.25) is 0 Å². The van der Waals surface area contributed by atoms with Gasteiger partial charge in [0, 0.05) is 28.2 Å². The first-order valence-electron chi connectivity index (χ1n) is 7.82. The van der Waals surface area contributed by atoms with E-state index in [2.05, 4.69) is 0 Å². The van der Waals surface area contributed by atoms with Gasteiger partial charge in [0.1, 0.15) is 5.75 Å². The maximum absolute atomic E-state index is 13.0. The normalized spacial score (nSPS) is 18.8. The second kappa shape index (κ2) is 6.41. The molecule has 1 unspecified atom stereocenters. The number of rotatable bonds is 4. The van der Waals surface area contributed by atoms with Gasteiger partial charge in [-0.2, -0.15) is 0 Å². The van der Waals surface area contributed by atoms with Crippen LogP contribution in [-0.4, -0.2) is 30.6 Å². The summed E-state index contributed by atoms with van der Waals surface area (Å²) < 4.78 is 5.27. The number of carboxylic acid groups (broad SMARTS) is 1. The molecule has 6 heteroatoms. The van der Waals surface area contributed by atoms with Crippen molar-refractivity contribution in [2.45, 2.75) is 18.8 Å². The van der Waals surface area contributed by atoms with Crippen LogP contribution in [0.2, 0.25) is 5.02 Å². The van der Waals surface area contributed by atoms with Gasteiger partial charge in [-0.25, -0.2) is 0 Å². The van der Waals surface area contributed by atoms with Crippen molar-refractivity contribution in [1.29, 1.82) is 0 Å². The standard InChI is InChI=1S/C19H18ClNO4/c1-19(10-17(22)23)11-21(16-8-7-14(25-2)9-15(16)19)18(24)12-3-5-13(20)6-4-12/h3-9H,10-11H2,1-2H3,(H,22,23). The second-order valence-electron chi connectivity index (χ2n) is 6.41. The molecule has 1 atom stereocenters. The Kier molecular flexibility index (Phi) is 4.43. The number of ether oxygens (including phenoxy) is 1. The van der Waals surface area contributed by atoms with Gasteiger partial charge in [0.15, 0.2) is 0 Å². The molecule has 1 heterocycles. The summed E-state index contributed by atoms with van der Waals surface area (Å²) in [5, 5.41) is 9.87. The maximum Gasteiger partial charge on any atom is 0.304 e. The van der Waals surface area contributed by atoms with Crippen LogP contribution in [0.5, 0.6) is 5.75 Å². The van der Waals surface area contributed by atoms with Crippen molar-refractivity contribution in [2.24, 2.45) is 0 Å². The first-order chi connectivity index (χ1) is 11.8. The lowest BCUT2D eigenvalue weighted by Crippen LogP contribution is -2.36. The molecule has 1 amide bonds. The molecule has 2 aromatic rings. The molecule has 130 valence electrons. The second-order valence-corrected chi connectivity index (χ2v) is 6.85. The first kappa shape index (κ1) is 17.3. The van der Waals surface area contributed by atoms with Crippen molar-refractivity contribution in [1.82, 2.24) is 0 Å². The van der Waals surface area contributed by atoms with Crippen molar-refractivity contribution in [3.8, 4) is 5.75 Å². The smallest absolute Gasteiger partial charge is 0.304 e.